The summed E-state index contributed by atoms with van der Waals surface area (Å²) in [5.41, 5.74) is 5.39. The first-order chi connectivity index (χ1) is 18.6. The first kappa shape index (κ1) is 26.0. The molecular weight excluding hydrogens is 509 g/mol. The van der Waals surface area contributed by atoms with Crippen LogP contribution in [0.4, 0.5) is 22.0 Å². The molecule has 3 nitrogen and oxygen atoms in total. The summed E-state index contributed by atoms with van der Waals surface area (Å²) in [5.74, 6) is -2.88. The largest absolute Gasteiger partial charge is 0.392 e. The number of allylic oxidation sites excluding steroid dienone is 3. The molecule has 1 fully saturated rings. The van der Waals surface area contributed by atoms with E-state index in [2.05, 4.69) is 23.4 Å². The van der Waals surface area contributed by atoms with E-state index in [1.54, 1.807) is 24.3 Å². The van der Waals surface area contributed by atoms with Gasteiger partial charge in [-0.2, -0.15) is 18.3 Å². The summed E-state index contributed by atoms with van der Waals surface area (Å²) in [7, 11) is 0. The van der Waals surface area contributed by atoms with Crippen molar-refractivity contribution in [3.63, 3.8) is 0 Å². The Morgan fingerprint density at radius 1 is 1.08 bits per heavy atom. The lowest BCUT2D eigenvalue weighted by atomic mass is 9.54. The van der Waals surface area contributed by atoms with Gasteiger partial charge in [-0.1, -0.05) is 36.3 Å². The second-order valence-electron chi connectivity index (χ2n) is 11.2. The number of nitrogens with zero attached hydrogens (tertiary/aromatic N) is 2. The molecule has 8 heteroatoms. The third-order valence-corrected chi connectivity index (χ3v) is 8.93. The maximum absolute atomic E-state index is 14.2. The number of halogens is 5. The van der Waals surface area contributed by atoms with Crippen LogP contribution in [0.2, 0.25) is 0 Å². The topological polar surface area (TPSA) is 29.9 Å². The molecule has 4 atom stereocenters. The molecule has 0 radical (unpaired) electrons. The van der Waals surface area contributed by atoms with Crippen molar-refractivity contribution < 1.29 is 22.0 Å². The fraction of sp³-hybridized carbons (Fsp3) is 0.387. The molecule has 0 spiro atoms. The smallest absolute Gasteiger partial charge is 0.312 e. The molecule has 3 aliphatic rings. The van der Waals surface area contributed by atoms with Crippen LogP contribution in [0.15, 0.2) is 72.0 Å². The monoisotopic (exact) mass is 539 g/mol. The molecule has 0 amide bonds. The molecule has 204 valence electrons. The van der Waals surface area contributed by atoms with Crippen molar-refractivity contribution in [3.05, 3.63) is 100 Å². The van der Waals surface area contributed by atoms with Crippen LogP contribution in [0.3, 0.4) is 0 Å². The molecule has 3 aliphatic carbocycles. The van der Waals surface area contributed by atoms with Gasteiger partial charge < -0.3 is 5.32 Å². The molecule has 1 heterocycles. The standard InChI is InChI=1S/C31H30F5N3/c1-30-15-20-17-38-39(24-8-6-22(32)7-9-24)29(20)14-21(30)5-10-25-26(28(31(34,35)36)12-11-27(25)30)18-37-16-19-3-2-4-23(33)13-19/h2-4,6-9,11,13-14,17,25-26,28,37H,5,10,12,15-16,18H2,1H3/t25?,26-,28-,30+/m1/s1. The van der Waals surface area contributed by atoms with Crippen molar-refractivity contribution in [2.45, 2.75) is 45.3 Å². The Hall–Kier alpha value is -3.26. The summed E-state index contributed by atoms with van der Waals surface area (Å²) < 4.78 is 71.5. The van der Waals surface area contributed by atoms with Crippen LogP contribution < -0.4 is 5.32 Å². The van der Waals surface area contributed by atoms with Crippen molar-refractivity contribution in [3.8, 4) is 5.69 Å². The Morgan fingerprint density at radius 3 is 2.62 bits per heavy atom. The number of fused-ring (bicyclic) bond motifs is 4. The van der Waals surface area contributed by atoms with Crippen LogP contribution in [-0.4, -0.2) is 22.5 Å². The summed E-state index contributed by atoms with van der Waals surface area (Å²) in [5, 5.41) is 7.78. The van der Waals surface area contributed by atoms with E-state index in [0.717, 1.165) is 22.5 Å². The molecular formula is C31H30F5N3. The average Bonchev–Trinajstić information content (AvgIpc) is 3.29. The summed E-state index contributed by atoms with van der Waals surface area (Å²) in [4.78, 5) is 0. The van der Waals surface area contributed by atoms with Gasteiger partial charge in [0.2, 0.25) is 0 Å². The number of hydrogen-bond acceptors (Lipinski definition) is 2. The van der Waals surface area contributed by atoms with Crippen LogP contribution >= 0.6 is 0 Å². The minimum absolute atomic E-state index is 0.0355. The number of nitrogens with one attached hydrogen (secondary N) is 1. The van der Waals surface area contributed by atoms with Crippen molar-refractivity contribution >= 4 is 6.08 Å². The Morgan fingerprint density at radius 2 is 1.87 bits per heavy atom. The molecule has 2 aromatic carbocycles. The molecule has 0 aliphatic heterocycles. The zero-order valence-corrected chi connectivity index (χ0v) is 21.6. The minimum atomic E-state index is -4.29. The summed E-state index contributed by atoms with van der Waals surface area (Å²) >= 11 is 0. The third kappa shape index (κ3) is 4.73. The van der Waals surface area contributed by atoms with Gasteiger partial charge in [-0.05, 0) is 97.7 Å². The fourth-order valence-electron chi connectivity index (χ4n) is 7.02. The van der Waals surface area contributed by atoms with Gasteiger partial charge in [0.15, 0.2) is 0 Å². The van der Waals surface area contributed by atoms with Crippen molar-refractivity contribution in [1.82, 2.24) is 15.1 Å². The quantitative estimate of drug-likeness (QED) is 0.270. The highest BCUT2D eigenvalue weighted by molar-refractivity contribution is 5.63. The van der Waals surface area contributed by atoms with Gasteiger partial charge in [-0.15, -0.1) is 0 Å². The van der Waals surface area contributed by atoms with Crippen LogP contribution in [0.1, 0.15) is 43.0 Å². The van der Waals surface area contributed by atoms with Gasteiger partial charge in [0, 0.05) is 12.0 Å². The molecule has 1 unspecified atom stereocenters. The predicted octanol–water partition coefficient (Wildman–Crippen LogP) is 7.42. The SMILES string of the molecule is C[C@]12Cc3cnn(-c4ccc(F)cc4)c3C=C1CCC1C2=CC[C@@H](C(F)(F)F)[C@@H]1CNCc1cccc(F)c1. The van der Waals surface area contributed by atoms with Gasteiger partial charge in [0.1, 0.15) is 11.6 Å². The first-order valence-electron chi connectivity index (χ1n) is 13.4. The van der Waals surface area contributed by atoms with E-state index in [0.29, 0.717) is 31.4 Å². The number of benzene rings is 2. The van der Waals surface area contributed by atoms with E-state index < -0.39 is 18.0 Å². The molecule has 1 N–H and O–H groups in total. The number of hydrogen-bond donors (Lipinski definition) is 1. The predicted molar refractivity (Wildman–Crippen MR) is 140 cm³/mol. The summed E-state index contributed by atoms with van der Waals surface area (Å²) in [6.45, 7) is 2.69. The van der Waals surface area contributed by atoms with Crippen molar-refractivity contribution in [2.24, 2.45) is 23.2 Å². The summed E-state index contributed by atoms with van der Waals surface area (Å²) in [6.07, 6.45) is 3.50. The van der Waals surface area contributed by atoms with Gasteiger partial charge in [0.25, 0.3) is 0 Å². The molecule has 6 rings (SSSR count). The molecule has 0 saturated heterocycles. The maximum Gasteiger partial charge on any atom is 0.392 e. The van der Waals surface area contributed by atoms with E-state index in [1.165, 1.54) is 29.8 Å². The van der Waals surface area contributed by atoms with Crippen molar-refractivity contribution in [1.29, 1.82) is 0 Å². The second-order valence-corrected chi connectivity index (χ2v) is 11.2. The third-order valence-electron chi connectivity index (χ3n) is 8.93. The van der Waals surface area contributed by atoms with Crippen LogP contribution in [-0.2, 0) is 13.0 Å². The van der Waals surface area contributed by atoms with E-state index in [9.17, 15) is 22.0 Å². The van der Waals surface area contributed by atoms with Gasteiger partial charge in [-0.3, -0.25) is 0 Å². The zero-order chi connectivity index (χ0) is 27.4. The molecule has 1 aromatic heterocycles. The minimum Gasteiger partial charge on any atom is -0.312 e. The highest BCUT2D eigenvalue weighted by Gasteiger charge is 2.54. The average molecular weight is 540 g/mol. The lowest BCUT2D eigenvalue weighted by molar-refractivity contribution is -0.194. The number of alkyl halides is 3. The van der Waals surface area contributed by atoms with E-state index >= 15 is 0 Å². The van der Waals surface area contributed by atoms with E-state index in [4.69, 9.17) is 0 Å². The zero-order valence-electron chi connectivity index (χ0n) is 21.6. The van der Waals surface area contributed by atoms with Crippen LogP contribution in [0, 0.1) is 34.8 Å². The van der Waals surface area contributed by atoms with Gasteiger partial charge in [-0.25, -0.2) is 13.5 Å². The Balaban J connectivity index is 1.28. The van der Waals surface area contributed by atoms with Crippen LogP contribution in [0.5, 0.6) is 0 Å². The Kier molecular flexibility index (Phi) is 6.49. The Bertz CT molecular complexity index is 1440. The fourth-order valence-corrected chi connectivity index (χ4v) is 7.02. The second kappa shape index (κ2) is 9.73. The van der Waals surface area contributed by atoms with Crippen molar-refractivity contribution in [2.75, 3.05) is 6.54 Å². The number of rotatable bonds is 5. The van der Waals surface area contributed by atoms with E-state index in [-0.39, 0.29) is 35.9 Å². The Labute approximate surface area is 224 Å². The lowest BCUT2D eigenvalue weighted by Gasteiger charge is -2.51. The first-order valence-corrected chi connectivity index (χ1v) is 13.4. The molecule has 1 saturated carbocycles. The van der Waals surface area contributed by atoms with Crippen LogP contribution in [0.25, 0.3) is 11.8 Å². The highest BCUT2D eigenvalue weighted by atomic mass is 19.4. The van der Waals surface area contributed by atoms with Gasteiger partial charge >= 0.3 is 6.18 Å². The molecule has 3 aromatic rings. The maximum atomic E-state index is 14.2. The molecule has 0 bridgehead atoms. The lowest BCUT2D eigenvalue weighted by Crippen LogP contribution is -2.48. The van der Waals surface area contributed by atoms with E-state index in [1.807, 2.05) is 17.0 Å². The normalized spacial score (nSPS) is 26.3. The number of aromatic nitrogens is 2. The highest BCUT2D eigenvalue weighted by Crippen LogP contribution is 2.58. The molecule has 39 heavy (non-hydrogen) atoms. The van der Waals surface area contributed by atoms with Gasteiger partial charge in [0.05, 0.1) is 23.5 Å². The summed E-state index contributed by atoms with van der Waals surface area (Å²) in [6, 6.07) is 12.3.